The third kappa shape index (κ3) is 3.08. The molecule has 0 heterocycles. The maximum Gasteiger partial charge on any atom is 0.420 e. The zero-order valence-corrected chi connectivity index (χ0v) is 7.64. The first kappa shape index (κ1) is 11.1. The summed E-state index contributed by atoms with van der Waals surface area (Å²) in [6.07, 6.45) is -4.06. The van der Waals surface area contributed by atoms with Crippen LogP contribution < -0.4 is 5.48 Å². The molecular weight excluding hydrogens is 219 g/mol. The van der Waals surface area contributed by atoms with Crippen LogP contribution in [0.2, 0.25) is 0 Å². The second kappa shape index (κ2) is 4.52. The molecule has 0 aliphatic rings. The van der Waals surface area contributed by atoms with E-state index in [4.69, 9.17) is 0 Å². The minimum Gasteiger partial charge on any atom is -0.261 e. The highest BCUT2D eigenvalue weighted by Crippen LogP contribution is 2.26. The van der Waals surface area contributed by atoms with Gasteiger partial charge in [-0.05, 0) is 12.1 Å². The first-order valence-electron chi connectivity index (χ1n) is 3.67. The summed E-state index contributed by atoms with van der Waals surface area (Å²) < 4.78 is 36.9. The molecule has 0 aliphatic carbocycles. The predicted octanol–water partition coefficient (Wildman–Crippen LogP) is 3.16. The molecule has 0 amide bonds. The molecule has 1 N–H and O–H groups in total. The van der Waals surface area contributed by atoms with Crippen LogP contribution in [0.3, 0.4) is 0 Å². The van der Waals surface area contributed by atoms with Gasteiger partial charge in [0.25, 0.3) is 5.63 Å². The first-order chi connectivity index (χ1) is 6.52. The van der Waals surface area contributed by atoms with Crippen LogP contribution in [0, 0.1) is 0 Å². The van der Waals surface area contributed by atoms with Crippen molar-refractivity contribution in [3.63, 3.8) is 0 Å². The highest BCUT2D eigenvalue weighted by atomic mass is 35.5. The Morgan fingerprint density at radius 1 is 1.29 bits per heavy atom. The number of nitrogens with one attached hydrogen (secondary N) is 1. The fraction of sp³-hybridized carbons (Fsp3) is 0.250. The summed E-state index contributed by atoms with van der Waals surface area (Å²) in [6, 6.07) is 7.88. The van der Waals surface area contributed by atoms with Crippen LogP contribution in [-0.2, 0) is 4.84 Å². The number of hydrogen-bond acceptors (Lipinski definition) is 2. The minimum atomic E-state index is -4.06. The third-order valence-corrected chi connectivity index (χ3v) is 1.59. The fourth-order valence-corrected chi connectivity index (χ4v) is 0.722. The number of anilines is 1. The van der Waals surface area contributed by atoms with Gasteiger partial charge in [-0.25, -0.2) is 9.23 Å². The average Bonchev–Trinajstić information content (AvgIpc) is 2.16. The first-order valence-corrected chi connectivity index (χ1v) is 4.11. The van der Waals surface area contributed by atoms with Crippen LogP contribution in [-0.4, -0.2) is 11.7 Å². The largest absolute Gasteiger partial charge is 0.420 e. The van der Waals surface area contributed by atoms with Gasteiger partial charge in [0.1, 0.15) is 0 Å². The Balaban J connectivity index is 2.49. The minimum absolute atomic E-state index is 0.282. The Bertz CT molecular complexity index is 281. The van der Waals surface area contributed by atoms with E-state index in [1.165, 1.54) is 12.1 Å². The molecule has 0 fully saturated rings. The predicted molar refractivity (Wildman–Crippen MR) is 46.8 cm³/mol. The number of benzene rings is 1. The van der Waals surface area contributed by atoms with E-state index in [-0.39, 0.29) is 5.69 Å². The molecule has 0 aromatic heterocycles. The zero-order valence-electron chi connectivity index (χ0n) is 6.88. The van der Waals surface area contributed by atoms with E-state index in [0.717, 1.165) is 0 Å². The van der Waals surface area contributed by atoms with Crippen LogP contribution >= 0.6 is 11.6 Å². The van der Waals surface area contributed by atoms with Crippen LogP contribution in [0.25, 0.3) is 0 Å². The fourth-order valence-electron chi connectivity index (χ4n) is 0.678. The second-order valence-corrected chi connectivity index (χ2v) is 2.82. The van der Waals surface area contributed by atoms with Crippen molar-refractivity contribution in [2.75, 3.05) is 5.48 Å². The summed E-state index contributed by atoms with van der Waals surface area (Å²) in [7, 11) is 0. The summed E-state index contributed by atoms with van der Waals surface area (Å²) in [5, 5.41) is 0. The molecule has 1 atom stereocenters. The molecule has 1 rings (SSSR count). The molecule has 0 spiro atoms. The smallest absolute Gasteiger partial charge is 0.261 e. The van der Waals surface area contributed by atoms with E-state index >= 15 is 0 Å². The van der Waals surface area contributed by atoms with Gasteiger partial charge in [-0.3, -0.25) is 5.48 Å². The van der Waals surface area contributed by atoms with Crippen LogP contribution in [0.1, 0.15) is 0 Å². The highest BCUT2D eigenvalue weighted by molar-refractivity contribution is 6.20. The van der Waals surface area contributed by atoms with Gasteiger partial charge in [0.15, 0.2) is 0 Å². The van der Waals surface area contributed by atoms with E-state index in [1.54, 1.807) is 18.2 Å². The molecule has 14 heavy (non-hydrogen) atoms. The molecule has 1 aromatic carbocycles. The van der Waals surface area contributed by atoms with Gasteiger partial charge in [0.2, 0.25) is 0 Å². The van der Waals surface area contributed by atoms with Crippen molar-refractivity contribution in [3.8, 4) is 0 Å². The van der Waals surface area contributed by atoms with Crippen molar-refractivity contribution in [2.45, 2.75) is 11.7 Å². The SMILES string of the molecule is FC(Cl)C(F)(F)ONc1ccccc1. The molecule has 2 nitrogen and oxygen atoms in total. The van der Waals surface area contributed by atoms with Gasteiger partial charge in [-0.1, -0.05) is 29.8 Å². The van der Waals surface area contributed by atoms with Gasteiger partial charge in [0, 0.05) is 0 Å². The van der Waals surface area contributed by atoms with E-state index in [2.05, 4.69) is 16.4 Å². The third-order valence-electron chi connectivity index (χ3n) is 1.33. The Hall–Kier alpha value is -0.940. The molecule has 6 heteroatoms. The summed E-state index contributed by atoms with van der Waals surface area (Å²) >= 11 is 4.55. The molecule has 0 radical (unpaired) electrons. The Kier molecular flexibility index (Phi) is 3.60. The Labute approximate surface area is 83.6 Å². The maximum atomic E-state index is 12.4. The molecule has 0 aliphatic heterocycles. The second-order valence-electron chi connectivity index (χ2n) is 2.43. The lowest BCUT2D eigenvalue weighted by atomic mass is 10.3. The quantitative estimate of drug-likeness (QED) is 0.628. The molecule has 78 valence electrons. The normalized spacial score (nSPS) is 13.7. The topological polar surface area (TPSA) is 21.3 Å². The lowest BCUT2D eigenvalue weighted by Crippen LogP contribution is -2.31. The summed E-state index contributed by atoms with van der Waals surface area (Å²) in [5.41, 5.74) is -0.716. The number of rotatable bonds is 4. The number of hydrogen-bond donors (Lipinski definition) is 1. The van der Waals surface area contributed by atoms with Gasteiger partial charge in [-0.2, -0.15) is 8.78 Å². The van der Waals surface area contributed by atoms with Crippen LogP contribution in [0.4, 0.5) is 18.9 Å². The monoisotopic (exact) mass is 225 g/mol. The van der Waals surface area contributed by atoms with Crippen molar-refractivity contribution < 1.29 is 18.0 Å². The van der Waals surface area contributed by atoms with Gasteiger partial charge in [-0.15, -0.1) is 0 Å². The number of halogens is 4. The van der Waals surface area contributed by atoms with Gasteiger partial charge >= 0.3 is 6.11 Å². The molecule has 0 bridgehead atoms. The summed E-state index contributed by atoms with van der Waals surface area (Å²) in [6.45, 7) is 0. The number of alkyl halides is 4. The Morgan fingerprint density at radius 3 is 2.36 bits per heavy atom. The van der Waals surface area contributed by atoms with Crippen molar-refractivity contribution in [2.24, 2.45) is 0 Å². The Morgan fingerprint density at radius 2 is 1.86 bits per heavy atom. The van der Waals surface area contributed by atoms with E-state index in [1.807, 2.05) is 5.48 Å². The van der Waals surface area contributed by atoms with Crippen molar-refractivity contribution in [1.82, 2.24) is 0 Å². The van der Waals surface area contributed by atoms with E-state index in [0.29, 0.717) is 0 Å². The highest BCUT2D eigenvalue weighted by Gasteiger charge is 2.41. The molecular formula is C8H7ClF3NO. The van der Waals surface area contributed by atoms with Crippen LogP contribution in [0.5, 0.6) is 0 Å². The van der Waals surface area contributed by atoms with Gasteiger partial charge < -0.3 is 0 Å². The van der Waals surface area contributed by atoms with Crippen molar-refractivity contribution in [1.29, 1.82) is 0 Å². The van der Waals surface area contributed by atoms with Crippen LogP contribution in [0.15, 0.2) is 30.3 Å². The summed E-state index contributed by atoms with van der Waals surface area (Å²) in [4.78, 5) is 3.79. The lowest BCUT2D eigenvalue weighted by molar-refractivity contribution is -0.241. The van der Waals surface area contributed by atoms with E-state index < -0.39 is 11.7 Å². The van der Waals surface area contributed by atoms with Crippen molar-refractivity contribution >= 4 is 17.3 Å². The average molecular weight is 226 g/mol. The van der Waals surface area contributed by atoms with Crippen molar-refractivity contribution in [3.05, 3.63) is 30.3 Å². The molecule has 0 saturated heterocycles. The number of para-hydroxylation sites is 1. The molecule has 0 saturated carbocycles. The van der Waals surface area contributed by atoms with E-state index in [9.17, 15) is 13.2 Å². The molecule has 1 unspecified atom stereocenters. The summed E-state index contributed by atoms with van der Waals surface area (Å²) in [5.74, 6) is 0. The lowest BCUT2D eigenvalue weighted by Gasteiger charge is -2.16. The maximum absolute atomic E-state index is 12.4. The zero-order chi connectivity index (χ0) is 10.6. The standard InChI is InChI=1S/C8H7ClF3NO/c9-7(10)8(11,12)14-13-6-4-2-1-3-5-6/h1-5,7,13H. The van der Waals surface area contributed by atoms with Gasteiger partial charge in [0.05, 0.1) is 5.69 Å². The molecule has 1 aromatic rings.